The molecule has 0 spiro atoms. The smallest absolute Gasteiger partial charge is 0.338 e. The molecule has 0 aromatic carbocycles. The van der Waals surface area contributed by atoms with Gasteiger partial charge in [-0.2, -0.15) is 0 Å². The molecule has 1 aliphatic rings. The number of rotatable bonds is 3. The van der Waals surface area contributed by atoms with Gasteiger partial charge in [0.25, 0.3) is 0 Å². The van der Waals surface area contributed by atoms with Gasteiger partial charge in [0.2, 0.25) is 0 Å². The lowest BCUT2D eigenvalue weighted by Gasteiger charge is -2.28. The highest BCUT2D eigenvalue weighted by atomic mass is 16.7. The molecule has 0 amide bonds. The number of carboxylic acid groups (broad SMARTS) is 1. The first kappa shape index (κ1) is 12.4. The molecule has 0 radical (unpaired) electrons. The van der Waals surface area contributed by atoms with Gasteiger partial charge < -0.3 is 24.8 Å². The molecular weight excluding hydrogens is 204 g/mol. The number of aliphatic hydroxyl groups excluding tert-OH is 1. The van der Waals surface area contributed by atoms with Crippen molar-refractivity contribution in [1.82, 2.24) is 0 Å². The Morgan fingerprint density at radius 3 is 2.47 bits per heavy atom. The van der Waals surface area contributed by atoms with E-state index in [0.717, 1.165) is 6.92 Å². The van der Waals surface area contributed by atoms with E-state index in [1.54, 1.807) is 13.8 Å². The predicted molar refractivity (Wildman–Crippen MR) is 49.2 cm³/mol. The molecule has 1 aliphatic heterocycles. The van der Waals surface area contributed by atoms with E-state index in [-0.39, 0.29) is 6.61 Å². The zero-order valence-corrected chi connectivity index (χ0v) is 8.93. The van der Waals surface area contributed by atoms with Crippen molar-refractivity contribution in [2.75, 3.05) is 6.61 Å². The predicted octanol–water partition coefficient (Wildman–Crippen LogP) is -0.666. The van der Waals surface area contributed by atoms with Gasteiger partial charge in [0, 0.05) is 0 Å². The average Bonchev–Trinajstić information content (AvgIpc) is 2.44. The van der Waals surface area contributed by atoms with E-state index >= 15 is 0 Å². The van der Waals surface area contributed by atoms with E-state index in [1.807, 2.05) is 0 Å². The average molecular weight is 220 g/mol. The standard InChI is InChI=1S/C9H16O6/c1-8(2)14-4-5(15-8)6(10)9(3,13)7(11)12/h5-6,10,13H,4H2,1-3H3,(H,11,12)/t5-,6-,9+/m1/s1. The summed E-state index contributed by atoms with van der Waals surface area (Å²) < 4.78 is 10.4. The molecule has 0 saturated carbocycles. The highest BCUT2D eigenvalue weighted by Gasteiger charge is 2.48. The van der Waals surface area contributed by atoms with Gasteiger partial charge in [0.15, 0.2) is 11.4 Å². The Kier molecular flexibility index (Phi) is 3.06. The van der Waals surface area contributed by atoms with Crippen LogP contribution in [0.1, 0.15) is 20.8 Å². The maximum atomic E-state index is 10.7. The molecule has 1 heterocycles. The van der Waals surface area contributed by atoms with Crippen molar-refractivity contribution < 1.29 is 29.6 Å². The largest absolute Gasteiger partial charge is 0.479 e. The van der Waals surface area contributed by atoms with E-state index in [0.29, 0.717) is 0 Å². The third-order valence-electron chi connectivity index (χ3n) is 2.39. The molecule has 6 nitrogen and oxygen atoms in total. The van der Waals surface area contributed by atoms with Crippen LogP contribution in [0.4, 0.5) is 0 Å². The molecule has 3 N–H and O–H groups in total. The molecule has 0 bridgehead atoms. The number of ether oxygens (including phenoxy) is 2. The normalized spacial score (nSPS) is 30.9. The van der Waals surface area contributed by atoms with E-state index < -0.39 is 29.6 Å². The monoisotopic (exact) mass is 220 g/mol. The van der Waals surface area contributed by atoms with Gasteiger partial charge >= 0.3 is 5.97 Å². The van der Waals surface area contributed by atoms with Crippen LogP contribution in [-0.2, 0) is 14.3 Å². The van der Waals surface area contributed by atoms with Crippen molar-refractivity contribution in [1.29, 1.82) is 0 Å². The van der Waals surface area contributed by atoms with Crippen molar-refractivity contribution in [2.45, 2.75) is 44.4 Å². The minimum atomic E-state index is -2.24. The molecule has 0 unspecified atom stereocenters. The molecule has 15 heavy (non-hydrogen) atoms. The summed E-state index contributed by atoms with van der Waals surface area (Å²) >= 11 is 0. The van der Waals surface area contributed by atoms with Gasteiger partial charge in [0.05, 0.1) is 6.61 Å². The minimum Gasteiger partial charge on any atom is -0.479 e. The minimum absolute atomic E-state index is 0.0532. The number of carboxylic acids is 1. The van der Waals surface area contributed by atoms with Crippen LogP contribution in [-0.4, -0.2) is 51.5 Å². The zero-order chi connectivity index (χ0) is 11.9. The van der Waals surface area contributed by atoms with Crippen LogP contribution in [0, 0.1) is 0 Å². The van der Waals surface area contributed by atoms with Crippen molar-refractivity contribution in [3.05, 3.63) is 0 Å². The molecule has 6 heteroatoms. The van der Waals surface area contributed by atoms with Crippen LogP contribution in [0.5, 0.6) is 0 Å². The van der Waals surface area contributed by atoms with E-state index in [9.17, 15) is 15.0 Å². The molecule has 3 atom stereocenters. The molecular formula is C9H16O6. The summed E-state index contributed by atoms with van der Waals surface area (Å²) in [5.41, 5.74) is -2.24. The van der Waals surface area contributed by atoms with Crippen LogP contribution in [0.15, 0.2) is 0 Å². The van der Waals surface area contributed by atoms with Gasteiger partial charge in [0.1, 0.15) is 12.2 Å². The summed E-state index contributed by atoms with van der Waals surface area (Å²) in [7, 11) is 0. The highest BCUT2D eigenvalue weighted by molar-refractivity contribution is 5.77. The van der Waals surface area contributed by atoms with Crippen LogP contribution in [0.2, 0.25) is 0 Å². The van der Waals surface area contributed by atoms with Crippen molar-refractivity contribution in [2.24, 2.45) is 0 Å². The summed E-state index contributed by atoms with van der Waals surface area (Å²) in [6.45, 7) is 4.37. The van der Waals surface area contributed by atoms with Gasteiger partial charge in [-0.1, -0.05) is 0 Å². The van der Waals surface area contributed by atoms with Crippen LogP contribution >= 0.6 is 0 Å². The molecule has 0 aromatic rings. The van der Waals surface area contributed by atoms with Crippen LogP contribution < -0.4 is 0 Å². The van der Waals surface area contributed by atoms with Crippen molar-refractivity contribution in [3.63, 3.8) is 0 Å². The third-order valence-corrected chi connectivity index (χ3v) is 2.39. The second-order valence-corrected chi connectivity index (χ2v) is 4.26. The number of carbonyl (C=O) groups is 1. The van der Waals surface area contributed by atoms with E-state index in [4.69, 9.17) is 14.6 Å². The van der Waals surface area contributed by atoms with Gasteiger partial charge in [-0.05, 0) is 20.8 Å². The summed E-state index contributed by atoms with van der Waals surface area (Å²) in [4.78, 5) is 10.7. The number of hydrogen-bond acceptors (Lipinski definition) is 5. The molecule has 1 fully saturated rings. The maximum Gasteiger partial charge on any atom is 0.338 e. The van der Waals surface area contributed by atoms with Crippen LogP contribution in [0.3, 0.4) is 0 Å². The Hall–Kier alpha value is -0.690. The van der Waals surface area contributed by atoms with Crippen molar-refractivity contribution in [3.8, 4) is 0 Å². The quantitative estimate of drug-likeness (QED) is 0.584. The van der Waals surface area contributed by atoms with Gasteiger partial charge in [-0.3, -0.25) is 0 Å². The fraction of sp³-hybridized carbons (Fsp3) is 0.889. The summed E-state index contributed by atoms with van der Waals surface area (Å²) in [5.74, 6) is -2.36. The van der Waals surface area contributed by atoms with E-state index in [2.05, 4.69) is 0 Å². The zero-order valence-electron chi connectivity index (χ0n) is 8.93. The SMILES string of the molecule is CC1(C)OC[C@H]([C@@H](O)[C@](C)(O)C(=O)O)O1. The highest BCUT2D eigenvalue weighted by Crippen LogP contribution is 2.28. The second-order valence-electron chi connectivity index (χ2n) is 4.26. The fourth-order valence-electron chi connectivity index (χ4n) is 1.36. The molecule has 1 saturated heterocycles. The first-order valence-corrected chi connectivity index (χ1v) is 4.62. The maximum absolute atomic E-state index is 10.7. The number of aliphatic carboxylic acids is 1. The molecule has 1 rings (SSSR count). The Morgan fingerprint density at radius 1 is 1.60 bits per heavy atom. The summed E-state index contributed by atoms with van der Waals surface area (Å²) in [6.07, 6.45) is -2.37. The van der Waals surface area contributed by atoms with Gasteiger partial charge in [-0.25, -0.2) is 4.79 Å². The topological polar surface area (TPSA) is 96.2 Å². The lowest BCUT2D eigenvalue weighted by molar-refractivity contribution is -0.191. The number of aliphatic hydroxyl groups is 2. The lowest BCUT2D eigenvalue weighted by atomic mass is 9.95. The third kappa shape index (κ3) is 2.46. The molecule has 88 valence electrons. The molecule has 0 aliphatic carbocycles. The molecule has 0 aromatic heterocycles. The Labute approximate surface area is 87.4 Å². The Bertz CT molecular complexity index is 259. The first-order chi connectivity index (χ1) is 6.67. The summed E-state index contributed by atoms with van der Waals surface area (Å²) in [6, 6.07) is 0. The van der Waals surface area contributed by atoms with E-state index in [1.165, 1.54) is 0 Å². The summed E-state index contributed by atoms with van der Waals surface area (Å²) in [5, 5.41) is 27.8. The van der Waals surface area contributed by atoms with Crippen LogP contribution in [0.25, 0.3) is 0 Å². The first-order valence-electron chi connectivity index (χ1n) is 4.62. The van der Waals surface area contributed by atoms with Gasteiger partial charge in [-0.15, -0.1) is 0 Å². The fourth-order valence-corrected chi connectivity index (χ4v) is 1.36. The Balaban J connectivity index is 2.70. The lowest BCUT2D eigenvalue weighted by Crippen LogP contribution is -2.53. The Morgan fingerprint density at radius 2 is 2.13 bits per heavy atom. The van der Waals surface area contributed by atoms with Crippen molar-refractivity contribution >= 4 is 5.97 Å². The second kappa shape index (κ2) is 3.71. The number of hydrogen-bond donors (Lipinski definition) is 3.